The highest BCUT2D eigenvalue weighted by molar-refractivity contribution is 5.96. The minimum atomic E-state index is 0.0646. The van der Waals surface area contributed by atoms with Crippen LogP contribution in [0.2, 0.25) is 0 Å². The summed E-state index contributed by atoms with van der Waals surface area (Å²) in [5.74, 6) is 0.142. The number of carbonyl (C=O) groups is 1. The van der Waals surface area contributed by atoms with E-state index in [2.05, 4.69) is 21.6 Å². The Morgan fingerprint density at radius 1 is 1.47 bits per heavy atom. The molecule has 98 valence electrons. The number of nitrogens with one attached hydrogen (secondary N) is 2. The third kappa shape index (κ3) is 2.24. The van der Waals surface area contributed by atoms with E-state index in [4.69, 9.17) is 0 Å². The molecule has 1 unspecified atom stereocenters. The van der Waals surface area contributed by atoms with Crippen molar-refractivity contribution in [1.82, 2.24) is 15.5 Å². The van der Waals surface area contributed by atoms with Crippen molar-refractivity contribution in [2.75, 3.05) is 11.9 Å². The number of rotatable bonds is 3. The summed E-state index contributed by atoms with van der Waals surface area (Å²) < 4.78 is 0. The lowest BCUT2D eigenvalue weighted by Crippen LogP contribution is -2.37. The number of hydrogen-bond acceptors (Lipinski definition) is 3. The predicted octanol–water partition coefficient (Wildman–Crippen LogP) is 1.61. The average Bonchev–Trinajstić information content (AvgIpc) is 2.95. The van der Waals surface area contributed by atoms with Gasteiger partial charge in [0.25, 0.3) is 0 Å². The van der Waals surface area contributed by atoms with Gasteiger partial charge in [-0.15, -0.1) is 0 Å². The van der Waals surface area contributed by atoms with Crippen LogP contribution in [0.3, 0.4) is 0 Å². The molecule has 0 spiro atoms. The van der Waals surface area contributed by atoms with Crippen molar-refractivity contribution in [3.63, 3.8) is 0 Å². The zero-order valence-electron chi connectivity index (χ0n) is 10.8. The maximum absolute atomic E-state index is 12.0. The van der Waals surface area contributed by atoms with Crippen LogP contribution in [-0.4, -0.2) is 23.2 Å². The molecule has 1 aliphatic rings. The first-order valence-electron chi connectivity index (χ1n) is 6.32. The lowest BCUT2D eigenvalue weighted by atomic mass is 9.96. The first-order valence-corrected chi connectivity index (χ1v) is 6.32. The second kappa shape index (κ2) is 4.85. The Balaban J connectivity index is 1.82. The Morgan fingerprint density at radius 2 is 2.32 bits per heavy atom. The normalized spacial score (nSPS) is 18.5. The van der Waals surface area contributed by atoms with E-state index < -0.39 is 0 Å². The number of amides is 1. The van der Waals surface area contributed by atoms with E-state index in [1.807, 2.05) is 31.4 Å². The van der Waals surface area contributed by atoms with Crippen LogP contribution in [0.1, 0.15) is 23.6 Å². The van der Waals surface area contributed by atoms with Crippen LogP contribution in [0, 0.1) is 0 Å². The molecule has 0 radical (unpaired) electrons. The molecule has 2 aromatic rings. The molecule has 1 amide bonds. The lowest BCUT2D eigenvalue weighted by molar-refractivity contribution is -0.119. The Labute approximate surface area is 111 Å². The van der Waals surface area contributed by atoms with Gasteiger partial charge in [0.15, 0.2) is 0 Å². The van der Waals surface area contributed by atoms with Crippen LogP contribution in [-0.2, 0) is 11.3 Å². The smallest absolute Gasteiger partial charge is 0.228 e. The van der Waals surface area contributed by atoms with Crippen molar-refractivity contribution in [3.05, 3.63) is 47.8 Å². The second-order valence-electron chi connectivity index (χ2n) is 4.76. The first-order chi connectivity index (χ1) is 9.25. The molecule has 5 heteroatoms. The van der Waals surface area contributed by atoms with Gasteiger partial charge in [-0.1, -0.05) is 18.2 Å². The summed E-state index contributed by atoms with van der Waals surface area (Å²) >= 11 is 0. The summed E-state index contributed by atoms with van der Waals surface area (Å²) in [6, 6.07) is 8.09. The monoisotopic (exact) mass is 256 g/mol. The fourth-order valence-electron chi connectivity index (χ4n) is 2.44. The number of para-hydroxylation sites is 1. The van der Waals surface area contributed by atoms with Gasteiger partial charge < -0.3 is 10.2 Å². The molecule has 0 saturated carbocycles. The van der Waals surface area contributed by atoms with Gasteiger partial charge in [0.2, 0.25) is 5.91 Å². The second-order valence-corrected chi connectivity index (χ2v) is 4.76. The molecule has 2 N–H and O–H groups in total. The SMILES string of the molecule is CN1C(=O)CC(NCc2cn[nH]c2)c2ccccc21. The number of nitrogens with zero attached hydrogens (tertiary/aromatic N) is 2. The molecule has 3 rings (SSSR count). The summed E-state index contributed by atoms with van der Waals surface area (Å²) in [4.78, 5) is 13.7. The van der Waals surface area contributed by atoms with E-state index in [1.54, 1.807) is 11.1 Å². The van der Waals surface area contributed by atoms with Crippen LogP contribution in [0.15, 0.2) is 36.7 Å². The van der Waals surface area contributed by atoms with Gasteiger partial charge in [-0.3, -0.25) is 9.89 Å². The predicted molar refractivity (Wildman–Crippen MR) is 72.6 cm³/mol. The fourth-order valence-corrected chi connectivity index (χ4v) is 2.44. The molecule has 1 atom stereocenters. The van der Waals surface area contributed by atoms with Crippen molar-refractivity contribution >= 4 is 11.6 Å². The van der Waals surface area contributed by atoms with Gasteiger partial charge in [-0.25, -0.2) is 0 Å². The maximum atomic E-state index is 12.0. The highest BCUT2D eigenvalue weighted by Gasteiger charge is 2.28. The number of aromatic nitrogens is 2. The Morgan fingerprint density at radius 3 is 3.11 bits per heavy atom. The summed E-state index contributed by atoms with van der Waals surface area (Å²) in [5.41, 5.74) is 3.25. The Bertz CT molecular complexity index is 579. The molecule has 1 aromatic carbocycles. The number of H-pyrrole nitrogens is 1. The number of aromatic amines is 1. The minimum Gasteiger partial charge on any atom is -0.315 e. The van der Waals surface area contributed by atoms with E-state index >= 15 is 0 Å². The molecule has 19 heavy (non-hydrogen) atoms. The van der Waals surface area contributed by atoms with Gasteiger partial charge >= 0.3 is 0 Å². The van der Waals surface area contributed by atoms with E-state index in [0.29, 0.717) is 13.0 Å². The first kappa shape index (κ1) is 11.9. The van der Waals surface area contributed by atoms with Crippen molar-refractivity contribution < 1.29 is 4.79 Å². The molecule has 1 aromatic heterocycles. The van der Waals surface area contributed by atoms with Crippen LogP contribution in [0.5, 0.6) is 0 Å². The van der Waals surface area contributed by atoms with Crippen LogP contribution in [0.4, 0.5) is 5.69 Å². The average molecular weight is 256 g/mol. The summed E-state index contributed by atoms with van der Waals surface area (Å²) in [7, 11) is 1.83. The molecule has 0 bridgehead atoms. The molecular formula is C14H16N4O. The van der Waals surface area contributed by atoms with Crippen molar-refractivity contribution in [1.29, 1.82) is 0 Å². The topological polar surface area (TPSA) is 61.0 Å². The van der Waals surface area contributed by atoms with Crippen LogP contribution < -0.4 is 10.2 Å². The Kier molecular flexibility index (Phi) is 3.05. The molecule has 1 aliphatic heterocycles. The molecule has 2 heterocycles. The molecule has 5 nitrogen and oxygen atoms in total. The van der Waals surface area contributed by atoms with Crippen LogP contribution >= 0.6 is 0 Å². The number of carbonyl (C=O) groups excluding carboxylic acids is 1. The van der Waals surface area contributed by atoms with Gasteiger partial charge in [-0.05, 0) is 11.6 Å². The summed E-state index contributed by atoms with van der Waals surface area (Å²) in [5, 5.41) is 10.1. The quantitative estimate of drug-likeness (QED) is 0.877. The Hall–Kier alpha value is -2.14. The maximum Gasteiger partial charge on any atom is 0.228 e. The highest BCUT2D eigenvalue weighted by Crippen LogP contribution is 2.33. The standard InChI is InChI=1S/C14H16N4O/c1-18-13-5-3-2-4-11(13)12(6-14(18)19)15-7-10-8-16-17-9-10/h2-5,8-9,12,15H,6-7H2,1H3,(H,16,17). The minimum absolute atomic E-state index is 0.0646. The van der Waals surface area contributed by atoms with Gasteiger partial charge in [-0.2, -0.15) is 5.10 Å². The molecule has 0 fully saturated rings. The van der Waals surface area contributed by atoms with Gasteiger partial charge in [0.1, 0.15) is 0 Å². The zero-order chi connectivity index (χ0) is 13.2. The largest absolute Gasteiger partial charge is 0.315 e. The van der Waals surface area contributed by atoms with E-state index in [0.717, 1.165) is 11.3 Å². The third-order valence-electron chi connectivity index (χ3n) is 3.53. The van der Waals surface area contributed by atoms with Gasteiger partial charge in [0, 0.05) is 43.5 Å². The third-order valence-corrected chi connectivity index (χ3v) is 3.53. The van der Waals surface area contributed by atoms with Crippen molar-refractivity contribution in [2.24, 2.45) is 0 Å². The number of fused-ring (bicyclic) bond motifs is 1. The van der Waals surface area contributed by atoms with Gasteiger partial charge in [0.05, 0.1) is 6.20 Å². The van der Waals surface area contributed by atoms with E-state index in [9.17, 15) is 4.79 Å². The number of anilines is 1. The summed E-state index contributed by atoms with van der Waals surface area (Å²) in [6.45, 7) is 0.701. The molecule has 0 aliphatic carbocycles. The number of benzene rings is 1. The van der Waals surface area contributed by atoms with Crippen molar-refractivity contribution in [2.45, 2.75) is 19.0 Å². The lowest BCUT2D eigenvalue weighted by Gasteiger charge is -2.32. The number of hydrogen-bond donors (Lipinski definition) is 2. The zero-order valence-corrected chi connectivity index (χ0v) is 10.8. The molecular weight excluding hydrogens is 240 g/mol. The fraction of sp³-hybridized carbons (Fsp3) is 0.286. The summed E-state index contributed by atoms with van der Waals surface area (Å²) in [6.07, 6.45) is 4.14. The van der Waals surface area contributed by atoms with Crippen molar-refractivity contribution in [3.8, 4) is 0 Å². The van der Waals surface area contributed by atoms with Crippen LogP contribution in [0.25, 0.3) is 0 Å². The van der Waals surface area contributed by atoms with E-state index in [1.165, 1.54) is 5.56 Å². The highest BCUT2D eigenvalue weighted by atomic mass is 16.2. The molecule has 0 saturated heterocycles. The van der Waals surface area contributed by atoms with E-state index in [-0.39, 0.29) is 11.9 Å².